The number of unbranched alkanes of at least 4 members (excludes halogenated alkanes) is 1. The standard InChI is InChI=1S/C46H53N3O8Si/c1-30-43(58(4,5)37-21-19-36(55-2)20-22-37)40(27-41(51)49-28-33-16-10-9-15-32(33)25-35(49)29-50)57-46(30)38-26-34(47-44(53)31-13-7-6-8-14-31)18-23-39(38)48(45(46)54)24-12-11-17-42(52)56-3/h6-10,13-16,18-23,26,30,35,40,43,50H,11-12,17,24-25,27-29H2,1-5H3,(H,47,53)/t30-,35+,40+,43-,46+/m1/s1. The Bertz CT molecular complexity index is 2160. The Kier molecular flexibility index (Phi) is 11.9. The molecule has 1 fully saturated rings. The van der Waals surface area contributed by atoms with Crippen LogP contribution in [0.25, 0.3) is 0 Å². The number of fused-ring (bicyclic) bond motifs is 3. The number of ether oxygens (including phenoxy) is 3. The van der Waals surface area contributed by atoms with Crippen molar-refractivity contribution in [2.24, 2.45) is 5.92 Å². The summed E-state index contributed by atoms with van der Waals surface area (Å²) in [6.45, 7) is 7.16. The minimum atomic E-state index is -2.60. The van der Waals surface area contributed by atoms with Crippen LogP contribution in [0.4, 0.5) is 11.4 Å². The number of methoxy groups -OCH3 is 2. The summed E-state index contributed by atoms with van der Waals surface area (Å²) in [5.41, 5.74) is 2.82. The molecule has 12 heteroatoms. The van der Waals surface area contributed by atoms with Gasteiger partial charge in [0, 0.05) is 42.2 Å². The summed E-state index contributed by atoms with van der Waals surface area (Å²) in [4.78, 5) is 58.8. The van der Waals surface area contributed by atoms with Gasteiger partial charge in [0.05, 0.1) is 53.2 Å². The SMILES string of the molecule is COC(=O)CCCCN1C(=O)[C@@]2(O[C@@H](CC(=O)N3Cc4ccccc4C[C@H]3CO)[C@H]([Si](C)(C)c3ccc(OC)cc3)[C@H]2C)c2cc(NC(=O)c3ccccc3)ccc21. The number of hydrogen-bond donors (Lipinski definition) is 2. The van der Waals surface area contributed by atoms with Gasteiger partial charge < -0.3 is 34.4 Å². The second-order valence-corrected chi connectivity index (χ2v) is 20.9. The third kappa shape index (κ3) is 7.56. The summed E-state index contributed by atoms with van der Waals surface area (Å²) in [7, 11) is 0.399. The van der Waals surface area contributed by atoms with Crippen molar-refractivity contribution < 1.29 is 38.5 Å². The van der Waals surface area contributed by atoms with Crippen LogP contribution in [0.3, 0.4) is 0 Å². The Morgan fingerprint density at radius 1 is 0.931 bits per heavy atom. The van der Waals surface area contributed by atoms with Gasteiger partial charge in [0.25, 0.3) is 11.8 Å². The van der Waals surface area contributed by atoms with Crippen LogP contribution in [0, 0.1) is 5.92 Å². The first-order chi connectivity index (χ1) is 27.9. The second-order valence-electron chi connectivity index (χ2n) is 16.2. The highest BCUT2D eigenvalue weighted by atomic mass is 28.3. The van der Waals surface area contributed by atoms with Crippen LogP contribution >= 0.6 is 0 Å². The molecular weight excluding hydrogens is 751 g/mol. The van der Waals surface area contributed by atoms with Crippen LogP contribution in [0.2, 0.25) is 18.6 Å². The van der Waals surface area contributed by atoms with Crippen LogP contribution in [-0.4, -0.2) is 81.3 Å². The van der Waals surface area contributed by atoms with Crippen molar-refractivity contribution in [3.05, 3.63) is 119 Å². The highest BCUT2D eigenvalue weighted by Crippen LogP contribution is 2.60. The summed E-state index contributed by atoms with van der Waals surface area (Å²) in [6.07, 6.45) is 1.23. The number of carbonyl (C=O) groups excluding carboxylic acids is 4. The molecule has 5 atom stereocenters. The van der Waals surface area contributed by atoms with Gasteiger partial charge in [0.15, 0.2) is 5.60 Å². The minimum Gasteiger partial charge on any atom is -0.497 e. The van der Waals surface area contributed by atoms with E-state index in [1.165, 1.54) is 7.11 Å². The molecule has 0 bridgehead atoms. The summed E-state index contributed by atoms with van der Waals surface area (Å²) in [5, 5.41) is 14.7. The summed E-state index contributed by atoms with van der Waals surface area (Å²) in [5.74, 6) is -0.606. The molecule has 3 aliphatic rings. The van der Waals surface area contributed by atoms with E-state index in [9.17, 15) is 19.5 Å². The van der Waals surface area contributed by atoms with Gasteiger partial charge in [0.1, 0.15) is 5.75 Å². The van der Waals surface area contributed by atoms with Gasteiger partial charge in [-0.25, -0.2) is 0 Å². The maximum absolute atomic E-state index is 15.3. The van der Waals surface area contributed by atoms with Crippen LogP contribution < -0.4 is 20.1 Å². The lowest BCUT2D eigenvalue weighted by Gasteiger charge is -2.39. The van der Waals surface area contributed by atoms with Crippen molar-refractivity contribution >= 4 is 48.3 Å². The third-order valence-corrected chi connectivity index (χ3v) is 17.0. The predicted molar refractivity (Wildman–Crippen MR) is 225 cm³/mol. The number of nitrogens with one attached hydrogen (secondary N) is 1. The molecule has 3 amide bonds. The van der Waals surface area contributed by atoms with Gasteiger partial charge in [-0.15, -0.1) is 0 Å². The molecule has 0 aromatic heterocycles. The predicted octanol–water partition coefficient (Wildman–Crippen LogP) is 6.19. The van der Waals surface area contributed by atoms with Gasteiger partial charge in [-0.1, -0.05) is 79.8 Å². The number of aliphatic hydroxyl groups excluding tert-OH is 1. The van der Waals surface area contributed by atoms with Crippen molar-refractivity contribution in [1.82, 2.24) is 4.90 Å². The van der Waals surface area contributed by atoms with Crippen molar-refractivity contribution in [3.63, 3.8) is 0 Å². The molecule has 0 aliphatic carbocycles. The lowest BCUT2D eigenvalue weighted by Crippen LogP contribution is -2.52. The number of nitrogens with zero attached hydrogens (tertiary/aromatic N) is 2. The largest absolute Gasteiger partial charge is 0.497 e. The van der Waals surface area contributed by atoms with Gasteiger partial charge in [-0.3, -0.25) is 19.2 Å². The normalized spacial score (nSPS) is 22.4. The van der Waals surface area contributed by atoms with Crippen LogP contribution in [0.1, 0.15) is 59.7 Å². The molecule has 1 spiro atoms. The maximum Gasteiger partial charge on any atom is 0.305 e. The molecule has 4 aromatic carbocycles. The van der Waals surface area contributed by atoms with E-state index in [-0.39, 0.29) is 54.7 Å². The molecule has 58 heavy (non-hydrogen) atoms. The molecule has 0 saturated carbocycles. The Balaban J connectivity index is 1.29. The molecule has 0 unspecified atom stereocenters. The summed E-state index contributed by atoms with van der Waals surface area (Å²) in [6, 6.07) is 30.1. The zero-order valence-corrected chi connectivity index (χ0v) is 34.9. The van der Waals surface area contributed by atoms with Crippen molar-refractivity contribution in [2.75, 3.05) is 37.6 Å². The number of amides is 3. The smallest absolute Gasteiger partial charge is 0.305 e. The third-order valence-electron chi connectivity index (χ3n) is 12.6. The zero-order chi connectivity index (χ0) is 41.2. The fourth-order valence-corrected chi connectivity index (χ4v) is 13.6. The highest BCUT2D eigenvalue weighted by Gasteiger charge is 2.66. The van der Waals surface area contributed by atoms with Gasteiger partial charge in [0.2, 0.25) is 5.91 Å². The monoisotopic (exact) mass is 803 g/mol. The molecule has 11 nitrogen and oxygen atoms in total. The topological polar surface area (TPSA) is 135 Å². The number of benzene rings is 4. The molecule has 0 radical (unpaired) electrons. The lowest BCUT2D eigenvalue weighted by molar-refractivity contribution is -0.151. The van der Waals surface area contributed by atoms with Crippen molar-refractivity contribution in [2.45, 2.75) is 82.0 Å². The van der Waals surface area contributed by atoms with Crippen molar-refractivity contribution in [3.8, 4) is 5.75 Å². The van der Waals surface area contributed by atoms with E-state index >= 15 is 4.79 Å². The molecule has 4 aromatic rings. The summed E-state index contributed by atoms with van der Waals surface area (Å²) >= 11 is 0. The van der Waals surface area contributed by atoms with E-state index in [1.54, 1.807) is 47.2 Å². The van der Waals surface area contributed by atoms with Gasteiger partial charge in [-0.2, -0.15) is 0 Å². The molecule has 3 aliphatic heterocycles. The Hall–Kier alpha value is -5.30. The van der Waals surface area contributed by atoms with E-state index in [1.807, 2.05) is 54.6 Å². The average Bonchev–Trinajstić information content (AvgIpc) is 3.67. The number of hydrogen-bond acceptors (Lipinski definition) is 8. The second kappa shape index (κ2) is 16.9. The van der Waals surface area contributed by atoms with E-state index in [0.717, 1.165) is 22.1 Å². The first-order valence-corrected chi connectivity index (χ1v) is 23.2. The van der Waals surface area contributed by atoms with E-state index in [0.29, 0.717) is 54.9 Å². The molecule has 7 rings (SSSR count). The van der Waals surface area contributed by atoms with Crippen LogP contribution in [0.15, 0.2) is 97.1 Å². The molecule has 304 valence electrons. The summed E-state index contributed by atoms with van der Waals surface area (Å²) < 4.78 is 17.6. The van der Waals surface area contributed by atoms with Crippen LogP contribution in [0.5, 0.6) is 5.75 Å². The van der Waals surface area contributed by atoms with Crippen LogP contribution in [-0.2, 0) is 42.4 Å². The van der Waals surface area contributed by atoms with Crippen molar-refractivity contribution in [1.29, 1.82) is 0 Å². The maximum atomic E-state index is 15.3. The van der Waals surface area contributed by atoms with E-state index < -0.39 is 25.7 Å². The molecule has 1 saturated heterocycles. The first-order valence-electron chi connectivity index (χ1n) is 20.1. The highest BCUT2D eigenvalue weighted by molar-refractivity contribution is 6.91. The van der Waals surface area contributed by atoms with E-state index in [4.69, 9.17) is 14.2 Å². The Labute approximate surface area is 341 Å². The number of esters is 1. The van der Waals surface area contributed by atoms with E-state index in [2.05, 4.69) is 37.5 Å². The number of carbonyl (C=O) groups is 4. The molecular formula is C46H53N3O8Si. The fourth-order valence-electron chi connectivity index (χ4n) is 9.58. The Morgan fingerprint density at radius 2 is 1.64 bits per heavy atom. The fraction of sp³-hybridized carbons (Fsp3) is 0.391. The first kappa shape index (κ1) is 40.9. The number of anilines is 2. The minimum absolute atomic E-state index is 0.0220. The molecule has 2 N–H and O–H groups in total. The number of aliphatic hydroxyl groups is 1. The number of rotatable bonds is 13. The van der Waals surface area contributed by atoms with Gasteiger partial charge in [-0.05, 0) is 78.4 Å². The molecule has 3 heterocycles. The Morgan fingerprint density at radius 3 is 2.33 bits per heavy atom. The quantitative estimate of drug-likeness (QED) is 0.0930. The zero-order valence-electron chi connectivity index (χ0n) is 33.9. The average molecular weight is 804 g/mol. The lowest BCUT2D eigenvalue weighted by atomic mass is 9.82. The van der Waals surface area contributed by atoms with Gasteiger partial charge >= 0.3 is 5.97 Å².